The van der Waals surface area contributed by atoms with Crippen molar-refractivity contribution < 1.29 is 9.47 Å². The highest BCUT2D eigenvalue weighted by Gasteiger charge is 2.42. The molecule has 1 aliphatic carbocycles. The molecule has 2 rings (SSSR count). The minimum Gasteiger partial charge on any atom is -0.378 e. The quantitative estimate of drug-likeness (QED) is 0.814. The van der Waals surface area contributed by atoms with E-state index in [1.165, 1.54) is 0 Å². The highest BCUT2D eigenvalue weighted by Crippen LogP contribution is 2.43. The Morgan fingerprint density at radius 2 is 2.06 bits per heavy atom. The zero-order valence-electron chi connectivity index (χ0n) is 10.9. The predicted octanol–water partition coefficient (Wildman–Crippen LogP) is 2.29. The molecule has 1 aromatic rings. The Labute approximate surface area is 121 Å². The lowest BCUT2D eigenvalue weighted by Gasteiger charge is -2.39. The molecule has 0 radical (unpaired) electrons. The molecule has 1 aromatic heterocycles. The largest absolute Gasteiger partial charge is 0.378 e. The molecule has 0 aliphatic heterocycles. The van der Waals surface area contributed by atoms with Crippen molar-refractivity contribution in [1.82, 2.24) is 9.97 Å². The standard InChI is InChI=1S/C12H18IN3O2/c1-14-10-9(13)8(7-17-2)15-11(16-10)12(18-3)5-4-6-12/h4-7H2,1-3H3,(H,14,15,16). The summed E-state index contributed by atoms with van der Waals surface area (Å²) in [5.41, 5.74) is 0.620. The molecule has 0 atom stereocenters. The number of methoxy groups -OCH3 is 2. The zero-order chi connectivity index (χ0) is 13.2. The van der Waals surface area contributed by atoms with Gasteiger partial charge >= 0.3 is 0 Å². The number of ether oxygens (including phenoxy) is 2. The Hall–Kier alpha value is -0.470. The van der Waals surface area contributed by atoms with Crippen LogP contribution in [0.25, 0.3) is 0 Å². The maximum absolute atomic E-state index is 5.64. The number of halogens is 1. The third-order valence-electron chi connectivity index (χ3n) is 3.40. The summed E-state index contributed by atoms with van der Waals surface area (Å²) in [6.45, 7) is 0.488. The summed E-state index contributed by atoms with van der Waals surface area (Å²) in [5, 5.41) is 3.11. The first-order valence-corrected chi connectivity index (χ1v) is 7.03. The van der Waals surface area contributed by atoms with Gasteiger partial charge in [0, 0.05) is 21.3 Å². The van der Waals surface area contributed by atoms with Crippen LogP contribution in [0.3, 0.4) is 0 Å². The Bertz CT molecular complexity index is 430. The van der Waals surface area contributed by atoms with E-state index in [0.717, 1.165) is 40.2 Å². The molecule has 1 saturated carbocycles. The van der Waals surface area contributed by atoms with Crippen molar-refractivity contribution in [3.63, 3.8) is 0 Å². The smallest absolute Gasteiger partial charge is 0.163 e. The summed E-state index contributed by atoms with van der Waals surface area (Å²) in [6, 6.07) is 0. The second-order valence-corrected chi connectivity index (χ2v) is 5.47. The second kappa shape index (κ2) is 5.66. The molecular weight excluding hydrogens is 345 g/mol. The lowest BCUT2D eigenvalue weighted by atomic mass is 9.79. The van der Waals surface area contributed by atoms with Gasteiger partial charge in [-0.15, -0.1) is 0 Å². The molecule has 1 heterocycles. The Morgan fingerprint density at radius 3 is 2.50 bits per heavy atom. The normalized spacial score (nSPS) is 17.3. The first-order valence-electron chi connectivity index (χ1n) is 5.95. The number of hydrogen-bond acceptors (Lipinski definition) is 5. The molecule has 1 N–H and O–H groups in total. The van der Waals surface area contributed by atoms with Crippen molar-refractivity contribution in [2.75, 3.05) is 26.6 Å². The minimum absolute atomic E-state index is 0.293. The van der Waals surface area contributed by atoms with E-state index in [0.29, 0.717) is 6.61 Å². The highest BCUT2D eigenvalue weighted by molar-refractivity contribution is 14.1. The van der Waals surface area contributed by atoms with Crippen molar-refractivity contribution in [3.8, 4) is 0 Å². The fraction of sp³-hybridized carbons (Fsp3) is 0.667. The lowest BCUT2D eigenvalue weighted by Crippen LogP contribution is -2.38. The average molecular weight is 363 g/mol. The number of anilines is 1. The molecule has 100 valence electrons. The van der Waals surface area contributed by atoms with Gasteiger partial charge in [-0.05, 0) is 41.9 Å². The van der Waals surface area contributed by atoms with Crippen LogP contribution in [0.2, 0.25) is 0 Å². The van der Waals surface area contributed by atoms with Gasteiger partial charge in [-0.1, -0.05) is 0 Å². The van der Waals surface area contributed by atoms with Gasteiger partial charge in [0.1, 0.15) is 11.4 Å². The van der Waals surface area contributed by atoms with Gasteiger partial charge in [0.15, 0.2) is 5.82 Å². The summed E-state index contributed by atoms with van der Waals surface area (Å²) >= 11 is 2.24. The van der Waals surface area contributed by atoms with Crippen molar-refractivity contribution in [2.24, 2.45) is 0 Å². The minimum atomic E-state index is -0.293. The van der Waals surface area contributed by atoms with Crippen LogP contribution in [0.5, 0.6) is 0 Å². The van der Waals surface area contributed by atoms with Crippen LogP contribution in [0.1, 0.15) is 30.8 Å². The number of nitrogens with zero attached hydrogens (tertiary/aromatic N) is 2. The number of nitrogens with one attached hydrogen (secondary N) is 1. The summed E-state index contributed by atoms with van der Waals surface area (Å²) in [7, 11) is 5.27. The first-order chi connectivity index (χ1) is 8.66. The van der Waals surface area contributed by atoms with Crippen LogP contribution >= 0.6 is 22.6 Å². The van der Waals surface area contributed by atoms with E-state index in [1.807, 2.05) is 7.05 Å². The molecule has 0 spiro atoms. The van der Waals surface area contributed by atoms with Crippen LogP contribution in [-0.4, -0.2) is 31.2 Å². The van der Waals surface area contributed by atoms with Crippen molar-refractivity contribution >= 4 is 28.4 Å². The fourth-order valence-electron chi connectivity index (χ4n) is 2.11. The van der Waals surface area contributed by atoms with E-state index in [4.69, 9.17) is 9.47 Å². The van der Waals surface area contributed by atoms with E-state index in [2.05, 4.69) is 37.9 Å². The predicted molar refractivity (Wildman–Crippen MR) is 77.5 cm³/mol. The second-order valence-electron chi connectivity index (χ2n) is 4.39. The molecule has 5 nitrogen and oxygen atoms in total. The van der Waals surface area contributed by atoms with E-state index in [9.17, 15) is 0 Å². The summed E-state index contributed by atoms with van der Waals surface area (Å²) in [4.78, 5) is 9.22. The maximum Gasteiger partial charge on any atom is 0.163 e. The van der Waals surface area contributed by atoms with E-state index >= 15 is 0 Å². The topological polar surface area (TPSA) is 56.3 Å². The summed E-state index contributed by atoms with van der Waals surface area (Å²) in [6.07, 6.45) is 3.14. The van der Waals surface area contributed by atoms with E-state index in [1.54, 1.807) is 14.2 Å². The average Bonchev–Trinajstić information content (AvgIpc) is 2.32. The molecule has 0 unspecified atom stereocenters. The van der Waals surface area contributed by atoms with Crippen LogP contribution in [0.4, 0.5) is 5.82 Å². The van der Waals surface area contributed by atoms with Gasteiger partial charge in [0.05, 0.1) is 15.9 Å². The number of rotatable bonds is 5. The first kappa shape index (κ1) is 14.0. The summed E-state index contributed by atoms with van der Waals surface area (Å²) < 4.78 is 11.8. The number of aromatic nitrogens is 2. The van der Waals surface area contributed by atoms with Gasteiger partial charge in [0.25, 0.3) is 0 Å². The Balaban J connectivity index is 2.44. The van der Waals surface area contributed by atoms with Gasteiger partial charge in [-0.3, -0.25) is 0 Å². The molecule has 6 heteroatoms. The fourth-order valence-corrected chi connectivity index (χ4v) is 2.78. The highest BCUT2D eigenvalue weighted by atomic mass is 127. The zero-order valence-corrected chi connectivity index (χ0v) is 13.1. The molecule has 1 fully saturated rings. The molecule has 0 aromatic carbocycles. The van der Waals surface area contributed by atoms with Gasteiger partial charge in [0.2, 0.25) is 0 Å². The van der Waals surface area contributed by atoms with Crippen molar-refractivity contribution in [2.45, 2.75) is 31.5 Å². The van der Waals surface area contributed by atoms with E-state index in [-0.39, 0.29) is 5.60 Å². The maximum atomic E-state index is 5.64. The lowest BCUT2D eigenvalue weighted by molar-refractivity contribution is -0.0848. The molecule has 1 aliphatic rings. The molecular formula is C12H18IN3O2. The third-order valence-corrected chi connectivity index (χ3v) is 4.53. The SMILES string of the molecule is CNc1nc(C2(OC)CCC2)nc(COC)c1I. The number of hydrogen-bond donors (Lipinski definition) is 1. The van der Waals surface area contributed by atoms with Gasteiger partial charge < -0.3 is 14.8 Å². The van der Waals surface area contributed by atoms with Crippen molar-refractivity contribution in [1.29, 1.82) is 0 Å². The third kappa shape index (κ3) is 2.33. The van der Waals surface area contributed by atoms with Crippen LogP contribution in [0.15, 0.2) is 0 Å². The molecule has 18 heavy (non-hydrogen) atoms. The van der Waals surface area contributed by atoms with Gasteiger partial charge in [-0.25, -0.2) is 9.97 Å². The molecule has 0 saturated heterocycles. The van der Waals surface area contributed by atoms with Crippen LogP contribution in [-0.2, 0) is 21.7 Å². The van der Waals surface area contributed by atoms with Crippen molar-refractivity contribution in [3.05, 3.63) is 15.1 Å². The molecule has 0 amide bonds. The monoisotopic (exact) mass is 363 g/mol. The van der Waals surface area contributed by atoms with Crippen LogP contribution in [0, 0.1) is 3.57 Å². The Morgan fingerprint density at radius 1 is 1.33 bits per heavy atom. The summed E-state index contributed by atoms with van der Waals surface area (Å²) in [5.74, 6) is 1.61. The van der Waals surface area contributed by atoms with Crippen LogP contribution < -0.4 is 5.32 Å². The Kier molecular flexibility index (Phi) is 4.39. The molecule has 0 bridgehead atoms. The van der Waals surface area contributed by atoms with Gasteiger partial charge in [-0.2, -0.15) is 0 Å². The van der Waals surface area contributed by atoms with E-state index < -0.39 is 0 Å².